The highest BCUT2D eigenvalue weighted by atomic mass is 127. The van der Waals surface area contributed by atoms with Crippen LogP contribution in [0, 0.1) is 5.92 Å². The summed E-state index contributed by atoms with van der Waals surface area (Å²) >= 11 is 0. The van der Waals surface area contributed by atoms with E-state index in [4.69, 9.17) is 4.99 Å². The van der Waals surface area contributed by atoms with Crippen molar-refractivity contribution in [2.75, 3.05) is 38.5 Å². The lowest BCUT2D eigenvalue weighted by atomic mass is 10.0. The number of hydrogen-bond acceptors (Lipinski definition) is 4. The van der Waals surface area contributed by atoms with E-state index in [0.29, 0.717) is 32.0 Å². The van der Waals surface area contributed by atoms with Crippen LogP contribution in [0.5, 0.6) is 0 Å². The Bertz CT molecular complexity index is 503. The molecule has 1 rings (SSSR count). The third-order valence-corrected chi connectivity index (χ3v) is 6.81. The van der Waals surface area contributed by atoms with Gasteiger partial charge in [-0.25, -0.2) is 12.7 Å². The molecule has 0 aromatic carbocycles. The Morgan fingerprint density at radius 1 is 1.19 bits per heavy atom. The lowest BCUT2D eigenvalue weighted by Gasteiger charge is -2.32. The van der Waals surface area contributed by atoms with Gasteiger partial charge >= 0.3 is 0 Å². The Morgan fingerprint density at radius 2 is 1.85 bits per heavy atom. The van der Waals surface area contributed by atoms with Gasteiger partial charge in [0.15, 0.2) is 5.96 Å². The van der Waals surface area contributed by atoms with Crippen molar-refractivity contribution in [2.45, 2.75) is 65.3 Å². The van der Waals surface area contributed by atoms with Gasteiger partial charge in [0.2, 0.25) is 10.0 Å². The molecule has 0 radical (unpaired) electrons. The monoisotopic (exact) mass is 518 g/mol. The molecule has 1 heterocycles. The van der Waals surface area contributed by atoms with Gasteiger partial charge < -0.3 is 15.7 Å². The summed E-state index contributed by atoms with van der Waals surface area (Å²) in [4.78, 5) is 4.69. The van der Waals surface area contributed by atoms with E-state index in [1.54, 1.807) is 4.31 Å². The van der Waals surface area contributed by atoms with Crippen molar-refractivity contribution in [3.63, 3.8) is 0 Å². The molecular formula is C18H39IN4O3S. The zero-order chi connectivity index (χ0) is 19.4. The van der Waals surface area contributed by atoms with Gasteiger partial charge in [0.25, 0.3) is 0 Å². The number of nitrogens with one attached hydrogen (secondary N) is 2. The fourth-order valence-corrected chi connectivity index (χ4v) is 4.86. The molecule has 1 aliphatic rings. The van der Waals surface area contributed by atoms with Crippen molar-refractivity contribution in [3.05, 3.63) is 0 Å². The maximum absolute atomic E-state index is 12.2. The Kier molecular flexibility index (Phi) is 14.7. The summed E-state index contributed by atoms with van der Waals surface area (Å²) in [5.74, 6) is 1.43. The molecule has 0 saturated carbocycles. The van der Waals surface area contributed by atoms with Gasteiger partial charge in [0.05, 0.1) is 5.75 Å². The highest BCUT2D eigenvalue weighted by Crippen LogP contribution is 2.15. The summed E-state index contributed by atoms with van der Waals surface area (Å²) < 4.78 is 26.0. The molecule has 0 amide bonds. The minimum Gasteiger partial charge on any atom is -0.396 e. The van der Waals surface area contributed by atoms with Crippen LogP contribution in [-0.2, 0) is 10.0 Å². The molecule has 0 aromatic heterocycles. The molecule has 1 atom stereocenters. The van der Waals surface area contributed by atoms with Crippen LogP contribution < -0.4 is 10.6 Å². The highest BCUT2D eigenvalue weighted by molar-refractivity contribution is 14.0. The van der Waals surface area contributed by atoms with E-state index in [9.17, 15) is 13.5 Å². The Morgan fingerprint density at radius 3 is 2.37 bits per heavy atom. The van der Waals surface area contributed by atoms with E-state index in [0.717, 1.165) is 44.6 Å². The van der Waals surface area contributed by atoms with Gasteiger partial charge in [0.1, 0.15) is 0 Å². The van der Waals surface area contributed by atoms with Gasteiger partial charge in [-0.2, -0.15) is 0 Å². The number of aliphatic hydroxyl groups excluding tert-OH is 1. The summed E-state index contributed by atoms with van der Waals surface area (Å²) in [6, 6.07) is 0.239. The van der Waals surface area contributed by atoms with Crippen molar-refractivity contribution in [1.82, 2.24) is 14.9 Å². The number of halogens is 1. The van der Waals surface area contributed by atoms with Gasteiger partial charge in [-0.15, -0.1) is 24.0 Å². The van der Waals surface area contributed by atoms with E-state index >= 15 is 0 Å². The minimum atomic E-state index is -3.09. The van der Waals surface area contributed by atoms with Gasteiger partial charge in [-0.1, -0.05) is 20.3 Å². The molecule has 0 aliphatic carbocycles. The normalized spacial score (nSPS) is 18.0. The van der Waals surface area contributed by atoms with Crippen LogP contribution in [0.15, 0.2) is 4.99 Å². The predicted molar refractivity (Wildman–Crippen MR) is 123 cm³/mol. The zero-order valence-electron chi connectivity index (χ0n) is 17.1. The number of aliphatic hydroxyl groups is 1. The first-order valence-electron chi connectivity index (χ1n) is 10.1. The molecule has 0 spiro atoms. The van der Waals surface area contributed by atoms with Crippen molar-refractivity contribution >= 4 is 40.0 Å². The molecule has 9 heteroatoms. The molecule has 0 aromatic rings. The Hall–Kier alpha value is -0.130. The smallest absolute Gasteiger partial charge is 0.214 e. The topological polar surface area (TPSA) is 94.0 Å². The molecule has 162 valence electrons. The van der Waals surface area contributed by atoms with Crippen LogP contribution >= 0.6 is 24.0 Å². The summed E-state index contributed by atoms with van der Waals surface area (Å²) in [6.07, 6.45) is 5.19. The number of nitrogens with zero attached hydrogens (tertiary/aromatic N) is 2. The van der Waals surface area contributed by atoms with Crippen LogP contribution in [0.4, 0.5) is 0 Å². The van der Waals surface area contributed by atoms with Crippen LogP contribution in [-0.4, -0.2) is 68.4 Å². The second kappa shape index (κ2) is 14.8. The second-order valence-corrected chi connectivity index (χ2v) is 9.11. The first-order chi connectivity index (χ1) is 12.5. The van der Waals surface area contributed by atoms with Crippen molar-refractivity contribution in [1.29, 1.82) is 0 Å². The van der Waals surface area contributed by atoms with Crippen LogP contribution in [0.2, 0.25) is 0 Å². The summed E-state index contributed by atoms with van der Waals surface area (Å²) in [6.45, 7) is 8.92. The molecule has 7 nitrogen and oxygen atoms in total. The minimum absolute atomic E-state index is 0. The fraction of sp³-hybridized carbons (Fsp3) is 0.944. The van der Waals surface area contributed by atoms with Crippen molar-refractivity contribution < 1.29 is 13.5 Å². The van der Waals surface area contributed by atoms with E-state index in [1.165, 1.54) is 0 Å². The Labute approximate surface area is 182 Å². The molecule has 1 fully saturated rings. The average molecular weight is 519 g/mol. The zero-order valence-corrected chi connectivity index (χ0v) is 20.3. The van der Waals surface area contributed by atoms with Crippen LogP contribution in [0.1, 0.15) is 59.3 Å². The van der Waals surface area contributed by atoms with E-state index < -0.39 is 10.0 Å². The quantitative estimate of drug-likeness (QED) is 0.222. The maximum Gasteiger partial charge on any atom is 0.214 e. The molecule has 0 bridgehead atoms. The largest absolute Gasteiger partial charge is 0.396 e. The van der Waals surface area contributed by atoms with Gasteiger partial charge in [-0.3, -0.25) is 4.99 Å². The highest BCUT2D eigenvalue weighted by Gasteiger charge is 2.27. The van der Waals surface area contributed by atoms with Crippen molar-refractivity contribution in [2.24, 2.45) is 10.9 Å². The first kappa shape index (κ1) is 26.9. The number of piperidine rings is 1. The van der Waals surface area contributed by atoms with E-state index in [2.05, 4.69) is 17.6 Å². The Balaban J connectivity index is 0.00000676. The van der Waals surface area contributed by atoms with Gasteiger partial charge in [0, 0.05) is 38.8 Å². The number of sulfonamides is 1. The van der Waals surface area contributed by atoms with Crippen LogP contribution in [0.3, 0.4) is 0 Å². The standard InChI is InChI=1S/C18H38N4O3S.HI/c1-4-7-16(10-13-23)15-20-18(19-6-3)21-17-8-11-22(12-9-17)26(24,25)14-5-2;/h16-17,23H,4-15H2,1-3H3,(H2,19,20,21);1H. The third kappa shape index (κ3) is 10.3. The summed E-state index contributed by atoms with van der Waals surface area (Å²) in [5, 5.41) is 15.9. The molecule has 1 saturated heterocycles. The van der Waals surface area contributed by atoms with Gasteiger partial charge in [-0.05, 0) is 44.9 Å². The number of aliphatic imine (C=N–C) groups is 1. The third-order valence-electron chi connectivity index (χ3n) is 4.74. The molecule has 27 heavy (non-hydrogen) atoms. The predicted octanol–water partition coefficient (Wildman–Crippen LogP) is 2.16. The number of rotatable bonds is 11. The summed E-state index contributed by atoms with van der Waals surface area (Å²) in [5.41, 5.74) is 0. The lowest BCUT2D eigenvalue weighted by molar-refractivity contribution is 0.253. The summed E-state index contributed by atoms with van der Waals surface area (Å²) in [7, 11) is -3.09. The first-order valence-corrected chi connectivity index (χ1v) is 11.7. The SMILES string of the molecule is CCCC(CCO)CN=C(NCC)NC1CCN(S(=O)(=O)CCC)CC1.I. The van der Waals surface area contributed by atoms with Crippen LogP contribution in [0.25, 0.3) is 0 Å². The fourth-order valence-electron chi connectivity index (χ4n) is 3.32. The van der Waals surface area contributed by atoms with Crippen molar-refractivity contribution in [3.8, 4) is 0 Å². The number of guanidine groups is 1. The lowest BCUT2D eigenvalue weighted by Crippen LogP contribution is -2.50. The van der Waals surface area contributed by atoms with E-state index in [-0.39, 0.29) is 42.4 Å². The van der Waals surface area contributed by atoms with E-state index in [1.807, 2.05) is 13.8 Å². The maximum atomic E-state index is 12.2. The molecule has 3 N–H and O–H groups in total. The second-order valence-electron chi connectivity index (χ2n) is 7.02. The number of hydrogen-bond donors (Lipinski definition) is 3. The molecule has 1 aliphatic heterocycles. The molecule has 1 unspecified atom stereocenters. The average Bonchev–Trinajstić information content (AvgIpc) is 2.60. The molecular weight excluding hydrogens is 479 g/mol.